The number of methoxy groups -OCH3 is 1. The van der Waals surface area contributed by atoms with Crippen LogP contribution >= 0.6 is 22.9 Å². The highest BCUT2D eigenvalue weighted by atomic mass is 35.5. The first kappa shape index (κ1) is 17.0. The highest BCUT2D eigenvalue weighted by Crippen LogP contribution is 2.40. The van der Waals surface area contributed by atoms with Crippen LogP contribution in [0.1, 0.15) is 44.5 Å². The first-order valence-corrected chi connectivity index (χ1v) is 8.98. The molecule has 4 nitrogen and oxygen atoms in total. The maximum atomic E-state index is 12.5. The number of fused-ring (bicyclic) bond motifs is 1. The van der Waals surface area contributed by atoms with Crippen molar-refractivity contribution in [3.8, 4) is 0 Å². The molecule has 1 aromatic heterocycles. The number of thiophene rings is 1. The number of ether oxygens (including phenoxy) is 1. The van der Waals surface area contributed by atoms with Gasteiger partial charge in [0.15, 0.2) is 0 Å². The van der Waals surface area contributed by atoms with E-state index in [0.717, 1.165) is 29.7 Å². The molecule has 1 amide bonds. The summed E-state index contributed by atoms with van der Waals surface area (Å²) in [7, 11) is 1.36. The monoisotopic (exact) mass is 363 g/mol. The summed E-state index contributed by atoms with van der Waals surface area (Å²) in [6, 6.07) is 6.72. The van der Waals surface area contributed by atoms with Crippen molar-refractivity contribution in [2.75, 3.05) is 12.4 Å². The zero-order chi connectivity index (χ0) is 17.3. The molecule has 1 aliphatic rings. The second kappa shape index (κ2) is 6.95. The number of carbonyl (C=O) groups excluding carboxylic acids is 2. The Morgan fingerprint density at radius 2 is 2.17 bits per heavy atom. The molecular formula is C18H18ClNO3S. The number of anilines is 1. The molecular weight excluding hydrogens is 346 g/mol. The fraction of sp³-hybridized carbons (Fsp3) is 0.333. The third-order valence-corrected chi connectivity index (χ3v) is 5.62. The Hall–Kier alpha value is -1.85. The highest BCUT2D eigenvalue weighted by Gasteiger charge is 2.29. The van der Waals surface area contributed by atoms with E-state index >= 15 is 0 Å². The lowest BCUT2D eigenvalue weighted by atomic mass is 9.88. The van der Waals surface area contributed by atoms with E-state index in [9.17, 15) is 9.59 Å². The Kier molecular flexibility index (Phi) is 4.92. The number of hydrogen-bond acceptors (Lipinski definition) is 4. The number of halogens is 1. The second-order valence-electron chi connectivity index (χ2n) is 6.01. The van der Waals surface area contributed by atoms with Crippen LogP contribution in [0, 0.1) is 5.92 Å². The van der Waals surface area contributed by atoms with E-state index in [1.54, 1.807) is 24.3 Å². The summed E-state index contributed by atoms with van der Waals surface area (Å²) in [6.45, 7) is 2.20. The van der Waals surface area contributed by atoms with Crippen LogP contribution in [0.2, 0.25) is 5.02 Å². The average molecular weight is 364 g/mol. The average Bonchev–Trinajstić information content (AvgIpc) is 2.90. The van der Waals surface area contributed by atoms with Crippen molar-refractivity contribution in [2.24, 2.45) is 5.92 Å². The molecule has 1 aliphatic carbocycles. The van der Waals surface area contributed by atoms with Gasteiger partial charge in [0, 0.05) is 15.5 Å². The van der Waals surface area contributed by atoms with Crippen LogP contribution in [0.15, 0.2) is 24.3 Å². The smallest absolute Gasteiger partial charge is 0.341 e. The Bertz CT molecular complexity index is 800. The molecule has 0 bridgehead atoms. The summed E-state index contributed by atoms with van der Waals surface area (Å²) in [5.74, 6) is -0.101. The van der Waals surface area contributed by atoms with Crippen LogP contribution in [0.25, 0.3) is 0 Å². The Morgan fingerprint density at radius 3 is 2.88 bits per heavy atom. The largest absolute Gasteiger partial charge is 0.465 e. The molecule has 1 aromatic carbocycles. The molecule has 1 N–H and O–H groups in total. The molecule has 0 spiro atoms. The molecule has 1 heterocycles. The van der Waals surface area contributed by atoms with Gasteiger partial charge in [0.2, 0.25) is 0 Å². The van der Waals surface area contributed by atoms with Crippen LogP contribution in [-0.4, -0.2) is 19.0 Å². The van der Waals surface area contributed by atoms with Crippen molar-refractivity contribution in [1.82, 2.24) is 0 Å². The minimum atomic E-state index is -0.400. The summed E-state index contributed by atoms with van der Waals surface area (Å²) < 4.78 is 4.93. The van der Waals surface area contributed by atoms with Gasteiger partial charge in [-0.1, -0.05) is 24.6 Å². The topological polar surface area (TPSA) is 55.4 Å². The van der Waals surface area contributed by atoms with Gasteiger partial charge >= 0.3 is 5.97 Å². The van der Waals surface area contributed by atoms with E-state index in [1.165, 1.54) is 18.4 Å². The third kappa shape index (κ3) is 3.32. The van der Waals surface area contributed by atoms with E-state index in [2.05, 4.69) is 12.2 Å². The number of rotatable bonds is 3. The first-order valence-electron chi connectivity index (χ1n) is 7.79. The van der Waals surface area contributed by atoms with Gasteiger partial charge in [-0.25, -0.2) is 4.79 Å². The van der Waals surface area contributed by atoms with Crippen LogP contribution in [-0.2, 0) is 17.6 Å². The molecule has 0 radical (unpaired) electrons. The van der Waals surface area contributed by atoms with Gasteiger partial charge in [0.25, 0.3) is 5.91 Å². The van der Waals surface area contributed by atoms with Crippen molar-refractivity contribution in [2.45, 2.75) is 26.2 Å². The molecule has 1 atom stereocenters. The maximum Gasteiger partial charge on any atom is 0.341 e. The van der Waals surface area contributed by atoms with Gasteiger partial charge in [-0.3, -0.25) is 4.79 Å². The van der Waals surface area contributed by atoms with Crippen LogP contribution in [0.5, 0.6) is 0 Å². The SMILES string of the molecule is COC(=O)c1c(NC(=O)c2cccc(Cl)c2)sc2c1CC[C@H](C)C2. The van der Waals surface area contributed by atoms with Crippen molar-refractivity contribution in [3.63, 3.8) is 0 Å². The van der Waals surface area contributed by atoms with Gasteiger partial charge in [-0.2, -0.15) is 0 Å². The van der Waals surface area contributed by atoms with Crippen LogP contribution in [0.4, 0.5) is 5.00 Å². The second-order valence-corrected chi connectivity index (χ2v) is 7.55. The zero-order valence-corrected chi connectivity index (χ0v) is 15.1. The number of carbonyl (C=O) groups is 2. The van der Waals surface area contributed by atoms with Crippen LogP contribution < -0.4 is 5.32 Å². The molecule has 0 fully saturated rings. The lowest BCUT2D eigenvalue weighted by Gasteiger charge is -2.18. The van der Waals surface area contributed by atoms with Gasteiger partial charge in [0.05, 0.1) is 12.7 Å². The molecule has 0 unspecified atom stereocenters. The fourth-order valence-corrected chi connectivity index (χ4v) is 4.55. The number of amides is 1. The van der Waals surface area contributed by atoms with E-state index in [0.29, 0.717) is 27.1 Å². The quantitative estimate of drug-likeness (QED) is 0.813. The van der Waals surface area contributed by atoms with Crippen molar-refractivity contribution in [3.05, 3.63) is 50.9 Å². The molecule has 126 valence electrons. The highest BCUT2D eigenvalue weighted by molar-refractivity contribution is 7.17. The molecule has 6 heteroatoms. The molecule has 0 saturated heterocycles. The summed E-state index contributed by atoms with van der Waals surface area (Å²) in [6.07, 6.45) is 2.80. The molecule has 0 saturated carbocycles. The number of benzene rings is 1. The summed E-state index contributed by atoms with van der Waals surface area (Å²) in [5, 5.41) is 3.92. The number of esters is 1. The summed E-state index contributed by atoms with van der Waals surface area (Å²) in [4.78, 5) is 25.9. The van der Waals surface area contributed by atoms with E-state index in [1.807, 2.05) is 0 Å². The molecule has 0 aliphatic heterocycles. The fourth-order valence-electron chi connectivity index (χ4n) is 2.96. The Labute approximate surface area is 149 Å². The van der Waals surface area contributed by atoms with Crippen molar-refractivity contribution >= 4 is 39.8 Å². The number of hydrogen-bond donors (Lipinski definition) is 1. The van der Waals surface area contributed by atoms with E-state index in [-0.39, 0.29) is 5.91 Å². The van der Waals surface area contributed by atoms with Crippen molar-refractivity contribution < 1.29 is 14.3 Å². The van der Waals surface area contributed by atoms with Gasteiger partial charge in [-0.05, 0) is 48.9 Å². The maximum absolute atomic E-state index is 12.5. The Morgan fingerprint density at radius 1 is 1.38 bits per heavy atom. The lowest BCUT2D eigenvalue weighted by Crippen LogP contribution is -2.16. The zero-order valence-electron chi connectivity index (χ0n) is 13.5. The number of nitrogens with one attached hydrogen (secondary N) is 1. The van der Waals surface area contributed by atoms with Crippen molar-refractivity contribution in [1.29, 1.82) is 0 Å². The van der Waals surface area contributed by atoms with Gasteiger partial charge < -0.3 is 10.1 Å². The van der Waals surface area contributed by atoms with E-state index in [4.69, 9.17) is 16.3 Å². The lowest BCUT2D eigenvalue weighted by molar-refractivity contribution is 0.0601. The Balaban J connectivity index is 1.95. The van der Waals surface area contributed by atoms with Gasteiger partial charge in [0.1, 0.15) is 5.00 Å². The van der Waals surface area contributed by atoms with Gasteiger partial charge in [-0.15, -0.1) is 11.3 Å². The minimum Gasteiger partial charge on any atom is -0.465 e. The summed E-state index contributed by atoms with van der Waals surface area (Å²) in [5.41, 5.74) is 1.98. The normalized spacial score (nSPS) is 16.4. The minimum absolute atomic E-state index is 0.283. The predicted octanol–water partition coefficient (Wildman–Crippen LogP) is 4.57. The molecule has 2 aromatic rings. The predicted molar refractivity (Wildman–Crippen MR) is 96.3 cm³/mol. The molecule has 24 heavy (non-hydrogen) atoms. The molecule has 3 rings (SSSR count). The van der Waals surface area contributed by atoms with Crippen LogP contribution in [0.3, 0.4) is 0 Å². The van der Waals surface area contributed by atoms with E-state index < -0.39 is 5.97 Å². The third-order valence-electron chi connectivity index (χ3n) is 4.22. The summed E-state index contributed by atoms with van der Waals surface area (Å²) >= 11 is 7.41. The first-order chi connectivity index (χ1) is 11.5. The standard InChI is InChI=1S/C18H18ClNO3S/c1-10-6-7-13-14(8-10)24-17(15(13)18(22)23-2)20-16(21)11-4-3-5-12(19)9-11/h3-5,9-10H,6-8H2,1-2H3,(H,20,21)/t10-/m0/s1.